The van der Waals surface area contributed by atoms with Gasteiger partial charge < -0.3 is 45.8 Å². The van der Waals surface area contributed by atoms with Crippen LogP contribution in [-0.2, 0) is 74.3 Å². The lowest BCUT2D eigenvalue weighted by atomic mass is 9.98. The Balaban J connectivity index is 0.000000121. The first-order valence-electron chi connectivity index (χ1n) is 38.4. The number of fused-ring (bicyclic) bond motifs is 5. The van der Waals surface area contributed by atoms with Gasteiger partial charge in [-0.05, 0) is 196 Å². The quantitative estimate of drug-likeness (QED) is 0.0398. The van der Waals surface area contributed by atoms with Crippen LogP contribution in [0.15, 0.2) is 217 Å². The highest BCUT2D eigenvalue weighted by Gasteiger charge is 2.46. The van der Waals surface area contributed by atoms with Crippen LogP contribution in [0.4, 0.5) is 48.3 Å². The van der Waals surface area contributed by atoms with Crippen molar-refractivity contribution < 1.29 is 118 Å². The Hall–Kier alpha value is -13.5. The SMILES string of the molecule is Cc1ccccc1CC1OC(=O)c2c(-c3ccco3)nc(Cl)nc21.O=C1OC(Cc2c(F)cccc2Cl)c2nc(Cl)nc(-c3ccco3)c21.O=C1OC(Cc2cc(C(F)(F)F)cc(C(F)(F)F)c2)c2nc(Cl)nc(-c3ccco3)c21.O=C1OC(Cc2cccc(Cl)c2F)c2nc(Cl)nc(-c3ccco3)c21.O=C1OC(Cc2ccccc2C(F)(F)F)c2nc(Cl)nc(-c3ccco3)c21. The van der Waals surface area contributed by atoms with E-state index in [-0.39, 0.29) is 152 Å². The Morgan fingerprint density at radius 3 is 0.947 bits per heavy atom. The minimum atomic E-state index is -5.00. The van der Waals surface area contributed by atoms with Crippen molar-refractivity contribution in [2.45, 2.75) is 88.1 Å². The summed E-state index contributed by atoms with van der Waals surface area (Å²) in [4.78, 5) is 103. The first kappa shape index (κ1) is 91.8. The summed E-state index contributed by atoms with van der Waals surface area (Å²) < 4.78 is 200. The number of halogens is 18. The van der Waals surface area contributed by atoms with E-state index >= 15 is 0 Å². The molecule has 0 aliphatic carbocycles. The van der Waals surface area contributed by atoms with Gasteiger partial charge in [-0.25, -0.2) is 82.6 Å². The zero-order valence-corrected chi connectivity index (χ0v) is 71.6. The van der Waals surface area contributed by atoms with Crippen LogP contribution < -0.4 is 0 Å². The molecule has 0 bridgehead atoms. The third-order valence-corrected chi connectivity index (χ3v) is 22.0. The normalized spacial score (nSPS) is 16.1. The third-order valence-electron chi connectivity index (χ3n) is 20.5. The summed E-state index contributed by atoms with van der Waals surface area (Å²) in [6.45, 7) is 2.02. The Kier molecular flexibility index (Phi) is 26.3. The molecule has 20 rings (SSSR count). The number of hydrogen-bond donors (Lipinski definition) is 0. The molecule has 0 saturated heterocycles. The fourth-order valence-corrected chi connectivity index (χ4v) is 16.0. The molecule has 10 aromatic heterocycles. The van der Waals surface area contributed by atoms with Gasteiger partial charge in [-0.15, -0.1) is 0 Å². The van der Waals surface area contributed by atoms with Crippen molar-refractivity contribution in [3.05, 3.63) is 350 Å². The number of alkyl halides is 9. The Morgan fingerprint density at radius 1 is 0.311 bits per heavy atom. The number of hydrogen-bond acceptors (Lipinski definition) is 25. The molecular formula is C89H50Cl7F11N10O15. The molecule has 0 N–H and O–H groups in total. The van der Waals surface area contributed by atoms with Gasteiger partial charge in [-0.3, -0.25) is 0 Å². The van der Waals surface area contributed by atoms with Crippen LogP contribution in [0.3, 0.4) is 0 Å². The number of aryl methyl sites for hydroxylation is 1. The summed E-state index contributed by atoms with van der Waals surface area (Å²) in [7, 11) is 0. The Bertz CT molecular complexity index is 6910. The lowest BCUT2D eigenvalue weighted by molar-refractivity contribution is -0.143. The lowest BCUT2D eigenvalue weighted by Gasteiger charge is -2.16. The van der Waals surface area contributed by atoms with Gasteiger partial charge in [-0.2, -0.15) is 39.5 Å². The van der Waals surface area contributed by atoms with Crippen molar-refractivity contribution in [3.63, 3.8) is 0 Å². The number of ether oxygens (including phenoxy) is 5. The molecule has 672 valence electrons. The van der Waals surface area contributed by atoms with Gasteiger partial charge in [0, 0.05) is 42.7 Å². The fraction of sp³-hybridized carbons (Fsp3) is 0.157. The van der Waals surface area contributed by atoms with E-state index in [1.54, 1.807) is 66.7 Å². The highest BCUT2D eigenvalue weighted by Crippen LogP contribution is 2.47. The van der Waals surface area contributed by atoms with Crippen LogP contribution in [0.1, 0.15) is 161 Å². The fourth-order valence-electron chi connectivity index (χ4n) is 14.7. The molecule has 43 heteroatoms. The highest BCUT2D eigenvalue weighted by atomic mass is 35.5. The van der Waals surface area contributed by atoms with Gasteiger partial charge in [0.25, 0.3) is 0 Å². The number of nitrogens with zero attached hydrogens (tertiary/aromatic N) is 10. The molecule has 25 nitrogen and oxygen atoms in total. The first-order valence-corrected chi connectivity index (χ1v) is 41.1. The smallest absolute Gasteiger partial charge is 0.416 e. The number of rotatable bonds is 15. The standard InChI is InChI=1S/C19H9ClF6N2O3.C18H10ClF3N2O3.C18H13ClN2O3.2C17H9Cl2FN2O3/c20-17-27-14(11-2-1-3-30-11)13-15(28-17)12(31-16(13)29)6-8-4-9(18(21,22)23)7-10(5-8)19(24,25)26;19-17-23-14(11-6-3-7-26-11)13-15(24-17)12(27-16(13)25)8-9-4-1-2-5-10(9)18(20,21)22;1-10-5-2-3-6-11(10)9-13-16-14(17(22)24-13)15(20-18(19)21-16)12-7-4-8-23-12;18-9-3-1-4-10(20)8(9)7-12-15-13(16(23)25-12)14(21-17(19)22-15)11-5-2-6-24-11;18-9-4-1-3-8(13(9)20)7-11-15-12(16(23)25-11)14(21-17(19)22-15)10-5-2-6-24-10/h1-5,7,12H,6H2;1-7,12H,8H2;2-8,13H,9H2,1H3;1-6,12H,7H2;1-6,11H,7H2. The maximum absolute atomic E-state index is 14.2. The second kappa shape index (κ2) is 37.8. The molecule has 0 spiro atoms. The van der Waals surface area contributed by atoms with Gasteiger partial charge in [0.15, 0.2) is 28.8 Å². The van der Waals surface area contributed by atoms with Crippen LogP contribution in [0.2, 0.25) is 36.5 Å². The monoisotopic (exact) mass is 1950 g/mol. The molecule has 5 aromatic carbocycles. The molecule has 0 saturated carbocycles. The van der Waals surface area contributed by atoms with E-state index in [0.29, 0.717) is 64.0 Å². The minimum absolute atomic E-state index is 0.000888. The van der Waals surface area contributed by atoms with Crippen LogP contribution in [0.5, 0.6) is 0 Å². The second-order valence-corrected chi connectivity index (χ2v) is 31.3. The molecule has 0 fully saturated rings. The van der Waals surface area contributed by atoms with Crippen molar-refractivity contribution in [1.29, 1.82) is 0 Å². The number of esters is 5. The number of benzene rings is 5. The predicted octanol–water partition coefficient (Wildman–Crippen LogP) is 24.2. The molecule has 0 amide bonds. The van der Waals surface area contributed by atoms with Crippen molar-refractivity contribution in [3.8, 4) is 57.3 Å². The largest absolute Gasteiger partial charge is 0.463 e. The molecule has 5 atom stereocenters. The van der Waals surface area contributed by atoms with E-state index in [9.17, 15) is 72.3 Å². The molecule has 5 aliphatic rings. The Labute approximate surface area is 769 Å². The van der Waals surface area contributed by atoms with Crippen LogP contribution in [0.25, 0.3) is 57.3 Å². The van der Waals surface area contributed by atoms with Crippen molar-refractivity contribution in [1.82, 2.24) is 49.8 Å². The number of cyclic esters (lactones) is 5. The summed E-state index contributed by atoms with van der Waals surface area (Å²) in [6, 6.07) is 39.5. The van der Waals surface area contributed by atoms with E-state index in [0.717, 1.165) is 17.2 Å². The summed E-state index contributed by atoms with van der Waals surface area (Å²) in [5, 5.41) is -0.266. The molecular weight excluding hydrogens is 1910 g/mol. The number of carbonyl (C=O) groups is 5. The van der Waals surface area contributed by atoms with Gasteiger partial charge >= 0.3 is 48.4 Å². The number of aromatic nitrogens is 10. The van der Waals surface area contributed by atoms with E-state index in [4.69, 9.17) is 127 Å². The minimum Gasteiger partial charge on any atom is -0.463 e. The molecule has 15 heterocycles. The van der Waals surface area contributed by atoms with Gasteiger partial charge in [-0.1, -0.05) is 83.9 Å². The zero-order chi connectivity index (χ0) is 93.5. The predicted molar refractivity (Wildman–Crippen MR) is 445 cm³/mol. The van der Waals surface area contributed by atoms with Crippen molar-refractivity contribution in [2.24, 2.45) is 0 Å². The van der Waals surface area contributed by atoms with E-state index in [1.165, 1.54) is 79.8 Å². The number of furan rings is 5. The first-order chi connectivity index (χ1) is 63.0. The van der Waals surface area contributed by atoms with Crippen molar-refractivity contribution in [2.75, 3.05) is 0 Å². The molecule has 5 unspecified atom stereocenters. The zero-order valence-electron chi connectivity index (χ0n) is 66.3. The van der Waals surface area contributed by atoms with Gasteiger partial charge in [0.1, 0.15) is 127 Å². The van der Waals surface area contributed by atoms with E-state index in [2.05, 4.69) is 49.8 Å². The average Bonchev–Trinajstić information content (AvgIpc) is 1.63. The third kappa shape index (κ3) is 19.6. The lowest BCUT2D eigenvalue weighted by Crippen LogP contribution is -2.13. The summed E-state index contributed by atoms with van der Waals surface area (Å²) in [5.74, 6) is -2.71. The molecule has 132 heavy (non-hydrogen) atoms. The molecule has 15 aromatic rings. The number of carbonyl (C=O) groups excluding carboxylic acids is 5. The van der Waals surface area contributed by atoms with E-state index < -0.39 is 114 Å². The summed E-state index contributed by atoms with van der Waals surface area (Å²) >= 11 is 41.8. The summed E-state index contributed by atoms with van der Waals surface area (Å²) in [6.07, 6.45) is -11.8. The second-order valence-electron chi connectivity index (χ2n) is 28.8. The Morgan fingerprint density at radius 2 is 0.614 bits per heavy atom. The topological polar surface area (TPSA) is 326 Å². The maximum Gasteiger partial charge on any atom is 0.416 e. The highest BCUT2D eigenvalue weighted by molar-refractivity contribution is 6.32. The van der Waals surface area contributed by atoms with Crippen LogP contribution in [0, 0.1) is 18.6 Å². The molecule has 0 radical (unpaired) electrons. The van der Waals surface area contributed by atoms with Crippen LogP contribution in [-0.4, -0.2) is 79.7 Å². The molecule has 5 aliphatic heterocycles. The maximum atomic E-state index is 14.2. The van der Waals surface area contributed by atoms with Gasteiger partial charge in [0.05, 0.1) is 53.0 Å². The average molecular weight is 1960 g/mol. The summed E-state index contributed by atoms with van der Waals surface area (Å²) in [5.41, 5.74) is 1.48. The van der Waals surface area contributed by atoms with Crippen molar-refractivity contribution >= 4 is 111 Å². The van der Waals surface area contributed by atoms with E-state index in [1.807, 2.05) is 31.2 Å². The van der Waals surface area contributed by atoms with Crippen LogP contribution >= 0.6 is 81.2 Å². The van der Waals surface area contributed by atoms with Gasteiger partial charge in [0.2, 0.25) is 26.4 Å².